The van der Waals surface area contributed by atoms with E-state index in [1.807, 2.05) is 0 Å². The monoisotopic (exact) mass is 404 g/mol. The molecule has 0 aliphatic carbocycles. The predicted octanol–water partition coefficient (Wildman–Crippen LogP) is 3.14. The van der Waals surface area contributed by atoms with Crippen molar-refractivity contribution in [2.75, 3.05) is 13.7 Å². The van der Waals surface area contributed by atoms with Gasteiger partial charge >= 0.3 is 6.18 Å². The molecule has 0 unspecified atom stereocenters. The summed E-state index contributed by atoms with van der Waals surface area (Å²) in [5.41, 5.74) is -0.966. The first-order chi connectivity index (χ1) is 12.5. The van der Waals surface area contributed by atoms with Gasteiger partial charge in [0.05, 0.1) is 23.7 Å². The third-order valence-electron chi connectivity index (χ3n) is 3.64. The van der Waals surface area contributed by atoms with Crippen LogP contribution in [0.2, 0.25) is 0 Å². The molecular weight excluding hydrogens is 389 g/mol. The van der Waals surface area contributed by atoms with Crippen LogP contribution >= 0.6 is 0 Å². The lowest BCUT2D eigenvalue weighted by Crippen LogP contribution is -2.26. The van der Waals surface area contributed by atoms with Crippen LogP contribution in [0.3, 0.4) is 0 Å². The molecule has 0 atom stereocenters. The molecule has 2 aromatic rings. The van der Waals surface area contributed by atoms with E-state index in [0.29, 0.717) is 5.56 Å². The molecule has 0 aromatic heterocycles. The van der Waals surface area contributed by atoms with E-state index < -0.39 is 37.3 Å². The molecule has 11 heteroatoms. The standard InChI is InChI=1S/C16H15F3N2O5S/c1-26-13-6-7-15(14(10-13)21(22)23)27(24,25)20-9-8-11-2-4-12(5-3-11)16(17,18)19/h2-7,10,20H,8-9H2,1H3. The van der Waals surface area contributed by atoms with Crippen LogP contribution in [0.4, 0.5) is 18.9 Å². The van der Waals surface area contributed by atoms with Gasteiger partial charge < -0.3 is 4.74 Å². The lowest BCUT2D eigenvalue weighted by Gasteiger charge is -2.10. The first kappa shape index (κ1) is 20.6. The number of methoxy groups -OCH3 is 1. The largest absolute Gasteiger partial charge is 0.497 e. The molecular formula is C16H15F3N2O5S. The summed E-state index contributed by atoms with van der Waals surface area (Å²) in [5.74, 6) is 0.130. The molecule has 1 N–H and O–H groups in total. The van der Waals surface area contributed by atoms with Crippen molar-refractivity contribution in [2.24, 2.45) is 0 Å². The molecule has 0 aliphatic rings. The van der Waals surface area contributed by atoms with E-state index in [-0.39, 0.29) is 18.7 Å². The Labute approximate surface area is 153 Å². The summed E-state index contributed by atoms with van der Waals surface area (Å²) in [6.07, 6.45) is -4.34. The fraction of sp³-hybridized carbons (Fsp3) is 0.250. The molecule has 27 heavy (non-hydrogen) atoms. The number of nitrogens with zero attached hydrogens (tertiary/aromatic N) is 1. The fourth-order valence-electron chi connectivity index (χ4n) is 2.26. The van der Waals surface area contributed by atoms with Crippen LogP contribution in [0.15, 0.2) is 47.4 Å². The number of hydrogen-bond donors (Lipinski definition) is 1. The average Bonchev–Trinajstić information content (AvgIpc) is 2.60. The quantitative estimate of drug-likeness (QED) is 0.565. The Morgan fingerprint density at radius 1 is 1.15 bits per heavy atom. The summed E-state index contributed by atoms with van der Waals surface area (Å²) in [6, 6.07) is 7.61. The molecule has 0 bridgehead atoms. The van der Waals surface area contributed by atoms with Crippen LogP contribution < -0.4 is 9.46 Å². The normalized spacial score (nSPS) is 12.0. The van der Waals surface area contributed by atoms with Crippen LogP contribution in [0.5, 0.6) is 5.75 Å². The molecule has 0 aliphatic heterocycles. The highest BCUT2D eigenvalue weighted by Gasteiger charge is 2.30. The number of nitrogens with one attached hydrogen (secondary N) is 1. The molecule has 2 aromatic carbocycles. The fourth-order valence-corrected chi connectivity index (χ4v) is 3.44. The number of hydrogen-bond acceptors (Lipinski definition) is 5. The summed E-state index contributed by atoms with van der Waals surface area (Å²) < 4.78 is 69.3. The van der Waals surface area contributed by atoms with Crippen LogP contribution in [-0.2, 0) is 22.6 Å². The Bertz CT molecular complexity index is 928. The van der Waals surface area contributed by atoms with Crippen molar-refractivity contribution in [3.05, 3.63) is 63.7 Å². The first-order valence-electron chi connectivity index (χ1n) is 7.53. The molecule has 0 radical (unpaired) electrons. The Morgan fingerprint density at radius 2 is 1.78 bits per heavy atom. The molecule has 0 amide bonds. The number of halogens is 3. The number of benzene rings is 2. The molecule has 0 heterocycles. The van der Waals surface area contributed by atoms with Crippen molar-refractivity contribution in [3.8, 4) is 5.75 Å². The highest BCUT2D eigenvalue weighted by molar-refractivity contribution is 7.89. The molecule has 2 rings (SSSR count). The van der Waals surface area contributed by atoms with Crippen molar-refractivity contribution >= 4 is 15.7 Å². The maximum Gasteiger partial charge on any atom is 0.416 e. The maximum atomic E-state index is 12.5. The molecule has 0 saturated heterocycles. The van der Waals surface area contributed by atoms with E-state index in [4.69, 9.17) is 4.74 Å². The molecule has 0 saturated carbocycles. The minimum atomic E-state index is -4.45. The second-order valence-corrected chi connectivity index (χ2v) is 7.17. The summed E-state index contributed by atoms with van der Waals surface area (Å²) in [4.78, 5) is 9.74. The van der Waals surface area contributed by atoms with Gasteiger partial charge in [-0.3, -0.25) is 10.1 Å². The molecule has 146 valence electrons. The van der Waals surface area contributed by atoms with Gasteiger partial charge in [-0.25, -0.2) is 13.1 Å². The van der Waals surface area contributed by atoms with Gasteiger partial charge in [0.25, 0.3) is 5.69 Å². The van der Waals surface area contributed by atoms with Gasteiger partial charge in [-0.05, 0) is 36.2 Å². The van der Waals surface area contributed by atoms with Gasteiger partial charge in [-0.1, -0.05) is 12.1 Å². The average molecular weight is 404 g/mol. The van der Waals surface area contributed by atoms with Gasteiger partial charge in [-0.2, -0.15) is 13.2 Å². The zero-order valence-corrected chi connectivity index (χ0v) is 14.8. The SMILES string of the molecule is COc1ccc(S(=O)(=O)NCCc2ccc(C(F)(F)F)cc2)c([N+](=O)[O-])c1. The number of rotatable bonds is 7. The van der Waals surface area contributed by atoms with Crippen molar-refractivity contribution in [1.82, 2.24) is 4.72 Å². The second-order valence-electron chi connectivity index (χ2n) is 5.43. The van der Waals surface area contributed by atoms with Crippen LogP contribution in [0.1, 0.15) is 11.1 Å². The number of alkyl halides is 3. The van der Waals surface area contributed by atoms with Crippen molar-refractivity contribution < 1.29 is 31.2 Å². The minimum Gasteiger partial charge on any atom is -0.497 e. The summed E-state index contributed by atoms with van der Waals surface area (Å²) in [5, 5.41) is 11.1. The highest BCUT2D eigenvalue weighted by atomic mass is 32.2. The zero-order chi connectivity index (χ0) is 20.2. The van der Waals surface area contributed by atoms with Gasteiger partial charge in [-0.15, -0.1) is 0 Å². The Hall–Kier alpha value is -2.66. The first-order valence-corrected chi connectivity index (χ1v) is 9.01. The maximum absolute atomic E-state index is 12.5. The van der Waals surface area contributed by atoms with E-state index >= 15 is 0 Å². The number of ether oxygens (including phenoxy) is 1. The van der Waals surface area contributed by atoms with E-state index in [0.717, 1.165) is 24.3 Å². The number of nitro benzene ring substituents is 1. The van der Waals surface area contributed by atoms with E-state index in [1.165, 1.54) is 25.3 Å². The highest BCUT2D eigenvalue weighted by Crippen LogP contribution is 2.29. The van der Waals surface area contributed by atoms with Gasteiger partial charge in [0.15, 0.2) is 4.90 Å². The smallest absolute Gasteiger partial charge is 0.416 e. The third-order valence-corrected chi connectivity index (χ3v) is 5.15. The Morgan fingerprint density at radius 3 is 2.30 bits per heavy atom. The van der Waals surface area contributed by atoms with Gasteiger partial charge in [0.2, 0.25) is 10.0 Å². The van der Waals surface area contributed by atoms with E-state index in [9.17, 15) is 31.7 Å². The summed E-state index contributed by atoms with van der Waals surface area (Å²) in [6.45, 7) is -0.142. The summed E-state index contributed by atoms with van der Waals surface area (Å²) in [7, 11) is -2.90. The minimum absolute atomic E-state index is 0.112. The Kier molecular flexibility index (Phi) is 6.06. The third kappa shape index (κ3) is 5.17. The van der Waals surface area contributed by atoms with Crippen LogP contribution in [0, 0.1) is 10.1 Å². The van der Waals surface area contributed by atoms with Crippen molar-refractivity contribution in [1.29, 1.82) is 0 Å². The van der Waals surface area contributed by atoms with Crippen molar-refractivity contribution in [2.45, 2.75) is 17.5 Å². The van der Waals surface area contributed by atoms with E-state index in [1.54, 1.807) is 0 Å². The van der Waals surface area contributed by atoms with Crippen LogP contribution in [0.25, 0.3) is 0 Å². The molecule has 7 nitrogen and oxygen atoms in total. The molecule has 0 spiro atoms. The number of sulfonamides is 1. The van der Waals surface area contributed by atoms with E-state index in [2.05, 4.69) is 4.72 Å². The lowest BCUT2D eigenvalue weighted by molar-refractivity contribution is -0.387. The topological polar surface area (TPSA) is 98.5 Å². The zero-order valence-electron chi connectivity index (χ0n) is 14.0. The second kappa shape index (κ2) is 7.92. The predicted molar refractivity (Wildman–Crippen MR) is 90.0 cm³/mol. The lowest BCUT2D eigenvalue weighted by atomic mass is 10.1. The Balaban J connectivity index is 2.10. The summed E-state index contributed by atoms with van der Waals surface area (Å²) >= 11 is 0. The van der Waals surface area contributed by atoms with Crippen LogP contribution in [-0.4, -0.2) is 27.0 Å². The van der Waals surface area contributed by atoms with Gasteiger partial charge in [0, 0.05) is 6.54 Å². The van der Waals surface area contributed by atoms with Crippen molar-refractivity contribution in [3.63, 3.8) is 0 Å². The number of nitro groups is 1. The van der Waals surface area contributed by atoms with Gasteiger partial charge in [0.1, 0.15) is 5.75 Å². The molecule has 0 fully saturated rings.